The van der Waals surface area contributed by atoms with Crippen molar-refractivity contribution in [3.05, 3.63) is 54.5 Å². The van der Waals surface area contributed by atoms with Gasteiger partial charge in [-0.25, -0.2) is 9.97 Å². The fourth-order valence-electron chi connectivity index (χ4n) is 5.60. The summed E-state index contributed by atoms with van der Waals surface area (Å²) in [7, 11) is 1.71. The summed E-state index contributed by atoms with van der Waals surface area (Å²) in [6.45, 7) is 2.00. The Morgan fingerprint density at radius 2 is 1.84 bits per heavy atom. The van der Waals surface area contributed by atoms with Crippen LogP contribution in [0.15, 0.2) is 48.9 Å². The average molecular weight is 499 g/mol. The minimum atomic E-state index is 0.431. The molecule has 1 saturated heterocycles. The number of aromatic amines is 1. The minimum Gasteiger partial charge on any atom is -0.495 e. The van der Waals surface area contributed by atoms with Crippen molar-refractivity contribution < 1.29 is 4.74 Å². The molecular formula is C28H34N8O. The Labute approximate surface area is 217 Å². The largest absolute Gasteiger partial charge is 0.495 e. The summed E-state index contributed by atoms with van der Waals surface area (Å²) >= 11 is 0. The summed E-state index contributed by atoms with van der Waals surface area (Å²) in [5, 5.41) is 7.01. The van der Waals surface area contributed by atoms with E-state index in [4.69, 9.17) is 9.72 Å². The Balaban J connectivity index is 1.18. The molecule has 3 aromatic heterocycles. The van der Waals surface area contributed by atoms with Crippen LogP contribution in [0, 0.1) is 0 Å². The quantitative estimate of drug-likeness (QED) is 0.301. The summed E-state index contributed by atoms with van der Waals surface area (Å²) in [4.78, 5) is 23.9. The highest BCUT2D eigenvalue weighted by Crippen LogP contribution is 2.36. The van der Waals surface area contributed by atoms with Crippen LogP contribution in [0.5, 0.6) is 5.75 Å². The molecule has 1 saturated carbocycles. The SMILES string of the molecule is COc1cc(C2CCN(c3ccccn3)CC2)ccc1Nc1nc(NC2CCCCC2)c2[nH]cnc2n1. The minimum absolute atomic E-state index is 0.431. The molecule has 1 aliphatic heterocycles. The fourth-order valence-corrected chi connectivity index (χ4v) is 5.60. The molecule has 0 bridgehead atoms. The molecule has 9 nitrogen and oxygen atoms in total. The van der Waals surface area contributed by atoms with E-state index >= 15 is 0 Å². The number of fused-ring (bicyclic) bond motifs is 1. The number of nitrogens with zero attached hydrogens (tertiary/aromatic N) is 5. The van der Waals surface area contributed by atoms with Crippen LogP contribution in [-0.2, 0) is 0 Å². The fraction of sp³-hybridized carbons (Fsp3) is 0.429. The second kappa shape index (κ2) is 10.6. The molecule has 2 aliphatic rings. The van der Waals surface area contributed by atoms with Gasteiger partial charge in [0.15, 0.2) is 11.5 Å². The highest BCUT2D eigenvalue weighted by molar-refractivity contribution is 5.84. The van der Waals surface area contributed by atoms with Crippen molar-refractivity contribution in [3.63, 3.8) is 0 Å². The molecule has 37 heavy (non-hydrogen) atoms. The normalized spacial score (nSPS) is 17.2. The van der Waals surface area contributed by atoms with Crippen molar-refractivity contribution in [1.29, 1.82) is 0 Å². The van der Waals surface area contributed by atoms with Gasteiger partial charge in [-0.3, -0.25) is 0 Å². The highest BCUT2D eigenvalue weighted by Gasteiger charge is 2.23. The van der Waals surface area contributed by atoms with Crippen LogP contribution in [0.4, 0.5) is 23.3 Å². The predicted molar refractivity (Wildman–Crippen MR) is 147 cm³/mol. The number of imidazole rings is 1. The number of anilines is 4. The zero-order valence-electron chi connectivity index (χ0n) is 21.3. The van der Waals surface area contributed by atoms with E-state index in [0.29, 0.717) is 23.6 Å². The lowest BCUT2D eigenvalue weighted by molar-refractivity contribution is 0.414. The summed E-state index contributed by atoms with van der Waals surface area (Å²) in [6, 6.07) is 12.9. The number of ether oxygens (including phenoxy) is 1. The third kappa shape index (κ3) is 5.16. The molecule has 0 atom stereocenters. The maximum absolute atomic E-state index is 5.79. The van der Waals surface area contributed by atoms with Gasteiger partial charge in [-0.05, 0) is 61.4 Å². The Morgan fingerprint density at radius 1 is 0.973 bits per heavy atom. The number of pyridine rings is 1. The monoisotopic (exact) mass is 498 g/mol. The maximum Gasteiger partial charge on any atom is 0.231 e. The molecule has 2 fully saturated rings. The number of piperidine rings is 1. The number of hydrogen-bond donors (Lipinski definition) is 3. The van der Waals surface area contributed by atoms with Gasteiger partial charge in [-0.15, -0.1) is 0 Å². The third-order valence-electron chi connectivity index (χ3n) is 7.64. The molecule has 3 N–H and O–H groups in total. The van der Waals surface area contributed by atoms with Crippen molar-refractivity contribution in [2.75, 3.05) is 35.7 Å². The van der Waals surface area contributed by atoms with Gasteiger partial charge in [0.25, 0.3) is 0 Å². The molecule has 0 spiro atoms. The molecule has 4 aromatic rings. The predicted octanol–water partition coefficient (Wildman–Crippen LogP) is 5.63. The van der Waals surface area contributed by atoms with Crippen LogP contribution < -0.4 is 20.3 Å². The molecule has 1 aliphatic carbocycles. The first-order chi connectivity index (χ1) is 18.3. The van der Waals surface area contributed by atoms with Crippen molar-refractivity contribution >= 4 is 34.4 Å². The molecule has 0 radical (unpaired) electrons. The van der Waals surface area contributed by atoms with Crippen LogP contribution in [-0.4, -0.2) is 51.2 Å². The average Bonchev–Trinajstić information content (AvgIpc) is 3.44. The van der Waals surface area contributed by atoms with E-state index in [1.165, 1.54) is 37.7 Å². The van der Waals surface area contributed by atoms with E-state index < -0.39 is 0 Å². The molecule has 9 heteroatoms. The van der Waals surface area contributed by atoms with E-state index in [9.17, 15) is 0 Å². The molecule has 4 heterocycles. The Bertz CT molecular complexity index is 1330. The van der Waals surface area contributed by atoms with Gasteiger partial charge in [0.1, 0.15) is 17.1 Å². The molecular weight excluding hydrogens is 464 g/mol. The van der Waals surface area contributed by atoms with Gasteiger partial charge in [-0.1, -0.05) is 31.4 Å². The molecule has 1 aromatic carbocycles. The third-order valence-corrected chi connectivity index (χ3v) is 7.64. The molecule has 0 unspecified atom stereocenters. The van der Waals surface area contributed by atoms with E-state index in [1.54, 1.807) is 13.4 Å². The number of nitrogens with one attached hydrogen (secondary N) is 3. The van der Waals surface area contributed by atoms with Gasteiger partial charge in [0.05, 0.1) is 19.1 Å². The topological polar surface area (TPSA) is 104 Å². The van der Waals surface area contributed by atoms with E-state index in [-0.39, 0.29) is 0 Å². The summed E-state index contributed by atoms with van der Waals surface area (Å²) in [6.07, 6.45) is 11.9. The van der Waals surface area contributed by atoms with Crippen molar-refractivity contribution in [2.45, 2.75) is 56.9 Å². The zero-order valence-corrected chi connectivity index (χ0v) is 21.3. The Hall–Kier alpha value is -3.88. The first-order valence-electron chi connectivity index (χ1n) is 13.4. The zero-order chi connectivity index (χ0) is 25.0. The number of rotatable bonds is 7. The molecule has 6 rings (SSSR count). The number of methoxy groups -OCH3 is 1. The van der Waals surface area contributed by atoms with E-state index in [2.05, 4.69) is 59.7 Å². The van der Waals surface area contributed by atoms with E-state index in [1.807, 2.05) is 18.3 Å². The van der Waals surface area contributed by atoms with Crippen LogP contribution in [0.1, 0.15) is 56.4 Å². The standard InChI is InChI=1S/C28H34N8O/c1-37-23-17-20(19-12-15-36(16-13-19)24-9-5-6-14-29-24)10-11-22(23)33-28-34-26-25(30-18-31-26)27(35-28)32-21-7-3-2-4-8-21/h5-6,9-11,14,17-19,21H,2-4,7-8,12-13,15-16H2,1H3,(H3,30,31,32,33,34,35). The van der Waals surface area contributed by atoms with Crippen LogP contribution in [0.3, 0.4) is 0 Å². The van der Waals surface area contributed by atoms with Gasteiger partial charge in [0, 0.05) is 25.3 Å². The summed E-state index contributed by atoms with van der Waals surface area (Å²) in [5.74, 6) is 3.65. The van der Waals surface area contributed by atoms with Gasteiger partial charge in [0.2, 0.25) is 5.95 Å². The number of H-pyrrole nitrogens is 1. The van der Waals surface area contributed by atoms with Crippen molar-refractivity contribution in [1.82, 2.24) is 24.9 Å². The van der Waals surface area contributed by atoms with Crippen LogP contribution in [0.25, 0.3) is 11.2 Å². The lowest BCUT2D eigenvalue weighted by Gasteiger charge is -2.33. The Kier molecular flexibility index (Phi) is 6.75. The first kappa shape index (κ1) is 23.5. The second-order valence-electron chi connectivity index (χ2n) is 10.0. The van der Waals surface area contributed by atoms with E-state index in [0.717, 1.165) is 54.5 Å². The van der Waals surface area contributed by atoms with Gasteiger partial charge >= 0.3 is 0 Å². The Morgan fingerprint density at radius 3 is 2.62 bits per heavy atom. The smallest absolute Gasteiger partial charge is 0.231 e. The number of hydrogen-bond acceptors (Lipinski definition) is 8. The lowest BCUT2D eigenvalue weighted by Crippen LogP contribution is -2.33. The van der Waals surface area contributed by atoms with Crippen molar-refractivity contribution in [3.8, 4) is 5.75 Å². The van der Waals surface area contributed by atoms with Crippen LogP contribution in [0.2, 0.25) is 0 Å². The summed E-state index contributed by atoms with van der Waals surface area (Å²) in [5.41, 5.74) is 3.63. The first-order valence-corrected chi connectivity index (χ1v) is 13.4. The molecule has 0 amide bonds. The molecule has 192 valence electrons. The van der Waals surface area contributed by atoms with Crippen molar-refractivity contribution in [2.24, 2.45) is 0 Å². The lowest BCUT2D eigenvalue weighted by atomic mass is 9.89. The number of benzene rings is 1. The maximum atomic E-state index is 5.79. The summed E-state index contributed by atoms with van der Waals surface area (Å²) < 4.78 is 5.79. The van der Waals surface area contributed by atoms with Gasteiger partial charge in [-0.2, -0.15) is 9.97 Å². The van der Waals surface area contributed by atoms with Gasteiger partial charge < -0.3 is 25.3 Å². The second-order valence-corrected chi connectivity index (χ2v) is 10.0. The number of aromatic nitrogens is 5. The van der Waals surface area contributed by atoms with Crippen LogP contribution >= 0.6 is 0 Å². The highest BCUT2D eigenvalue weighted by atomic mass is 16.5.